The van der Waals surface area contributed by atoms with E-state index in [0.29, 0.717) is 6.04 Å². The van der Waals surface area contributed by atoms with Crippen LogP contribution in [0, 0.1) is 0 Å². The molecule has 1 unspecified atom stereocenters. The second-order valence-electron chi connectivity index (χ2n) is 6.08. The number of aryl methyl sites for hydroxylation is 1. The highest BCUT2D eigenvalue weighted by molar-refractivity contribution is 5.33. The maximum absolute atomic E-state index is 5.87. The molecule has 2 nitrogen and oxygen atoms in total. The fourth-order valence-electron chi connectivity index (χ4n) is 2.43. The van der Waals surface area contributed by atoms with Crippen LogP contribution in [0.25, 0.3) is 0 Å². The molecule has 1 N–H and O–H groups in total. The quantitative estimate of drug-likeness (QED) is 0.770. The first-order chi connectivity index (χ1) is 10.6. The van der Waals surface area contributed by atoms with Gasteiger partial charge in [-0.15, -0.1) is 0 Å². The highest BCUT2D eigenvalue weighted by Gasteiger charge is 2.07. The fourth-order valence-corrected chi connectivity index (χ4v) is 2.43. The summed E-state index contributed by atoms with van der Waals surface area (Å²) < 4.78 is 5.87. The van der Waals surface area contributed by atoms with Crippen molar-refractivity contribution in [2.24, 2.45) is 0 Å². The van der Waals surface area contributed by atoms with E-state index in [2.05, 4.69) is 68.6 Å². The van der Waals surface area contributed by atoms with Crippen LogP contribution in [0.1, 0.15) is 38.3 Å². The minimum atomic E-state index is 0.205. The highest BCUT2D eigenvalue weighted by atomic mass is 16.5. The topological polar surface area (TPSA) is 21.3 Å². The lowest BCUT2D eigenvalue weighted by atomic mass is 10.1. The second kappa shape index (κ2) is 8.60. The average Bonchev–Trinajstić information content (AvgIpc) is 2.52. The summed E-state index contributed by atoms with van der Waals surface area (Å²) in [6, 6.07) is 19.4. The third-order valence-corrected chi connectivity index (χ3v) is 3.69. The molecule has 22 heavy (non-hydrogen) atoms. The molecule has 0 fully saturated rings. The zero-order valence-corrected chi connectivity index (χ0v) is 13.9. The molecular formula is C20H27NO. The minimum Gasteiger partial charge on any atom is -0.491 e. The van der Waals surface area contributed by atoms with Crippen molar-refractivity contribution in [3.63, 3.8) is 0 Å². The monoisotopic (exact) mass is 297 g/mol. The Labute approximate surface area is 134 Å². The van der Waals surface area contributed by atoms with Gasteiger partial charge in [0.15, 0.2) is 0 Å². The van der Waals surface area contributed by atoms with Crippen LogP contribution in [-0.2, 0) is 13.0 Å². The summed E-state index contributed by atoms with van der Waals surface area (Å²) in [5.41, 5.74) is 2.63. The zero-order valence-electron chi connectivity index (χ0n) is 13.9. The smallest absolute Gasteiger partial charge is 0.124 e. The van der Waals surface area contributed by atoms with Gasteiger partial charge < -0.3 is 10.1 Å². The van der Waals surface area contributed by atoms with Gasteiger partial charge in [-0.2, -0.15) is 0 Å². The van der Waals surface area contributed by atoms with E-state index in [9.17, 15) is 0 Å². The van der Waals surface area contributed by atoms with Crippen LogP contribution in [0.2, 0.25) is 0 Å². The molecule has 0 saturated carbocycles. The van der Waals surface area contributed by atoms with Crippen LogP contribution in [-0.4, -0.2) is 12.1 Å². The normalized spacial score (nSPS) is 12.4. The van der Waals surface area contributed by atoms with Gasteiger partial charge in [0.2, 0.25) is 0 Å². The third kappa shape index (κ3) is 5.53. The summed E-state index contributed by atoms with van der Waals surface area (Å²) in [5.74, 6) is 0.986. The first kappa shape index (κ1) is 16.6. The fraction of sp³-hybridized carbons (Fsp3) is 0.400. The number of ether oxygens (including phenoxy) is 1. The van der Waals surface area contributed by atoms with Crippen LogP contribution in [0.15, 0.2) is 54.6 Å². The molecule has 0 aromatic heterocycles. The minimum absolute atomic E-state index is 0.205. The van der Waals surface area contributed by atoms with Gasteiger partial charge in [-0.3, -0.25) is 0 Å². The first-order valence-corrected chi connectivity index (χ1v) is 8.17. The standard InChI is InChI=1S/C20H27NO/c1-16(2)22-20-12-8-7-11-19(20)15-21-17(3)13-14-18-9-5-4-6-10-18/h4-12,16-17,21H,13-15H2,1-3H3. The third-order valence-electron chi connectivity index (χ3n) is 3.69. The van der Waals surface area contributed by atoms with Gasteiger partial charge in [-0.25, -0.2) is 0 Å². The lowest BCUT2D eigenvalue weighted by molar-refractivity contribution is 0.239. The van der Waals surface area contributed by atoms with Gasteiger partial charge in [0.05, 0.1) is 6.10 Å². The number of rotatable bonds is 8. The molecule has 0 aliphatic carbocycles. The van der Waals surface area contributed by atoms with Crippen molar-refractivity contribution >= 4 is 0 Å². The summed E-state index contributed by atoms with van der Waals surface area (Å²) in [5, 5.41) is 3.60. The van der Waals surface area contributed by atoms with Crippen molar-refractivity contribution in [3.8, 4) is 5.75 Å². The molecule has 2 aromatic rings. The van der Waals surface area contributed by atoms with Crippen LogP contribution < -0.4 is 10.1 Å². The van der Waals surface area contributed by atoms with Gasteiger partial charge in [0.1, 0.15) is 5.75 Å². The Kier molecular flexibility index (Phi) is 6.47. The SMILES string of the molecule is CC(CCc1ccccc1)NCc1ccccc1OC(C)C. The number of benzene rings is 2. The lowest BCUT2D eigenvalue weighted by Gasteiger charge is -2.17. The summed E-state index contributed by atoms with van der Waals surface area (Å²) in [6.45, 7) is 7.22. The molecule has 0 spiro atoms. The molecule has 0 heterocycles. The Morgan fingerprint density at radius 1 is 0.909 bits per heavy atom. The van der Waals surface area contributed by atoms with Gasteiger partial charge in [-0.05, 0) is 45.2 Å². The van der Waals surface area contributed by atoms with Gasteiger partial charge in [-0.1, -0.05) is 48.5 Å². The Morgan fingerprint density at radius 3 is 2.32 bits per heavy atom. The predicted octanol–water partition coefficient (Wildman–Crippen LogP) is 4.58. The van der Waals surface area contributed by atoms with E-state index in [1.165, 1.54) is 11.1 Å². The number of nitrogens with one attached hydrogen (secondary N) is 1. The predicted molar refractivity (Wildman–Crippen MR) is 93.3 cm³/mol. The average molecular weight is 297 g/mol. The van der Waals surface area contributed by atoms with Gasteiger partial charge in [0, 0.05) is 18.2 Å². The largest absolute Gasteiger partial charge is 0.491 e. The molecule has 0 aliphatic rings. The van der Waals surface area contributed by atoms with E-state index in [0.717, 1.165) is 25.1 Å². The molecule has 2 aromatic carbocycles. The number of para-hydroxylation sites is 1. The van der Waals surface area contributed by atoms with Gasteiger partial charge >= 0.3 is 0 Å². The summed E-state index contributed by atoms with van der Waals surface area (Å²) in [4.78, 5) is 0. The van der Waals surface area contributed by atoms with Crippen LogP contribution in [0.4, 0.5) is 0 Å². The van der Waals surface area contributed by atoms with Crippen molar-refractivity contribution in [3.05, 3.63) is 65.7 Å². The van der Waals surface area contributed by atoms with Gasteiger partial charge in [0.25, 0.3) is 0 Å². The van der Waals surface area contributed by atoms with Crippen LogP contribution in [0.3, 0.4) is 0 Å². The molecule has 0 amide bonds. The van der Waals surface area contributed by atoms with E-state index < -0.39 is 0 Å². The number of hydrogen-bond acceptors (Lipinski definition) is 2. The van der Waals surface area contributed by atoms with E-state index in [1.807, 2.05) is 12.1 Å². The molecule has 1 atom stereocenters. The Morgan fingerprint density at radius 2 is 1.59 bits per heavy atom. The Hall–Kier alpha value is -1.80. The second-order valence-corrected chi connectivity index (χ2v) is 6.08. The summed E-state index contributed by atoms with van der Waals surface area (Å²) in [7, 11) is 0. The molecule has 0 radical (unpaired) electrons. The van der Waals surface area contributed by atoms with Crippen molar-refractivity contribution in [1.29, 1.82) is 0 Å². The van der Waals surface area contributed by atoms with Crippen molar-refractivity contribution in [2.45, 2.75) is 52.3 Å². The van der Waals surface area contributed by atoms with E-state index in [4.69, 9.17) is 4.74 Å². The molecule has 0 bridgehead atoms. The maximum atomic E-state index is 5.87. The molecule has 0 aliphatic heterocycles. The Bertz CT molecular complexity index is 551. The molecule has 0 saturated heterocycles. The molecule has 2 heteroatoms. The van der Waals surface area contributed by atoms with Crippen molar-refractivity contribution in [2.75, 3.05) is 0 Å². The zero-order chi connectivity index (χ0) is 15.8. The van der Waals surface area contributed by atoms with E-state index in [-0.39, 0.29) is 6.10 Å². The molecule has 2 rings (SSSR count). The maximum Gasteiger partial charge on any atom is 0.124 e. The van der Waals surface area contributed by atoms with E-state index in [1.54, 1.807) is 0 Å². The summed E-state index contributed by atoms with van der Waals surface area (Å²) in [6.07, 6.45) is 2.45. The first-order valence-electron chi connectivity index (χ1n) is 8.17. The van der Waals surface area contributed by atoms with Crippen molar-refractivity contribution < 1.29 is 4.74 Å². The summed E-state index contributed by atoms with van der Waals surface area (Å²) >= 11 is 0. The van der Waals surface area contributed by atoms with Crippen LogP contribution >= 0.6 is 0 Å². The highest BCUT2D eigenvalue weighted by Crippen LogP contribution is 2.19. The molecule has 118 valence electrons. The Balaban J connectivity index is 1.82. The lowest BCUT2D eigenvalue weighted by Crippen LogP contribution is -2.26. The van der Waals surface area contributed by atoms with Crippen molar-refractivity contribution in [1.82, 2.24) is 5.32 Å². The van der Waals surface area contributed by atoms with E-state index >= 15 is 0 Å². The number of hydrogen-bond donors (Lipinski definition) is 1. The molecular weight excluding hydrogens is 270 g/mol. The van der Waals surface area contributed by atoms with Crippen LogP contribution in [0.5, 0.6) is 5.75 Å².